The van der Waals surface area contributed by atoms with Crippen molar-refractivity contribution in [1.82, 2.24) is 0 Å². The third kappa shape index (κ3) is 3.61. The molecule has 12 aromatic rings. The molecule has 0 radical (unpaired) electrons. The molecule has 4 heterocycles. The molecule has 50 heavy (non-hydrogen) atoms. The maximum atomic E-state index is 6.48. The number of hydrogen-bond acceptors (Lipinski definition) is 4. The average Bonchev–Trinajstić information content (AvgIpc) is 3.93. The first kappa shape index (κ1) is 26.9. The summed E-state index contributed by atoms with van der Waals surface area (Å²) >= 11 is 3.79. The molecule has 0 aliphatic heterocycles. The minimum absolute atomic E-state index is 0.839. The zero-order valence-electron chi connectivity index (χ0n) is 26.5. The van der Waals surface area contributed by atoms with Gasteiger partial charge < -0.3 is 8.83 Å². The van der Waals surface area contributed by atoms with E-state index in [0.717, 1.165) is 38.5 Å². The summed E-state index contributed by atoms with van der Waals surface area (Å²) in [5.74, 6) is 0. The molecular formula is C46H24O2S2. The highest BCUT2D eigenvalue weighted by atomic mass is 32.1. The first-order chi connectivity index (χ1) is 24.8. The Morgan fingerprint density at radius 1 is 0.380 bits per heavy atom. The predicted molar refractivity (Wildman–Crippen MR) is 215 cm³/mol. The van der Waals surface area contributed by atoms with Crippen molar-refractivity contribution in [1.29, 1.82) is 0 Å². The Bertz CT molecular complexity index is 3330. The minimum Gasteiger partial charge on any atom is -0.464 e. The van der Waals surface area contributed by atoms with Gasteiger partial charge in [-0.05, 0) is 92.3 Å². The molecule has 0 spiro atoms. The number of rotatable bonds is 2. The fourth-order valence-corrected chi connectivity index (χ4v) is 10.7. The van der Waals surface area contributed by atoms with Crippen LogP contribution in [0.4, 0.5) is 0 Å². The van der Waals surface area contributed by atoms with Crippen molar-refractivity contribution in [3.63, 3.8) is 0 Å². The Hall–Kier alpha value is -5.94. The van der Waals surface area contributed by atoms with E-state index in [2.05, 4.69) is 127 Å². The van der Waals surface area contributed by atoms with Crippen LogP contribution in [0.5, 0.6) is 0 Å². The Balaban J connectivity index is 1.16. The molecule has 0 amide bonds. The van der Waals surface area contributed by atoms with Crippen molar-refractivity contribution in [3.05, 3.63) is 146 Å². The molecule has 0 atom stereocenters. The first-order valence-electron chi connectivity index (χ1n) is 16.8. The molecule has 0 bridgehead atoms. The van der Waals surface area contributed by atoms with Crippen LogP contribution in [-0.2, 0) is 0 Å². The summed E-state index contributed by atoms with van der Waals surface area (Å²) in [5, 5.41) is 13.6. The highest BCUT2D eigenvalue weighted by Gasteiger charge is 2.21. The largest absolute Gasteiger partial charge is 0.464 e. The number of furan rings is 2. The van der Waals surface area contributed by atoms with Crippen molar-refractivity contribution < 1.29 is 8.83 Å². The molecule has 4 heteroatoms. The maximum absolute atomic E-state index is 6.48. The zero-order valence-corrected chi connectivity index (χ0v) is 28.1. The lowest BCUT2D eigenvalue weighted by Gasteiger charge is -2.18. The van der Waals surface area contributed by atoms with Gasteiger partial charge in [0.05, 0.1) is 6.26 Å². The van der Waals surface area contributed by atoms with E-state index < -0.39 is 0 Å². The third-order valence-corrected chi connectivity index (χ3v) is 12.8. The molecule has 0 saturated carbocycles. The zero-order chi connectivity index (χ0) is 32.5. The van der Waals surface area contributed by atoms with E-state index in [9.17, 15) is 0 Å². The van der Waals surface area contributed by atoms with Crippen molar-refractivity contribution in [2.75, 3.05) is 0 Å². The van der Waals surface area contributed by atoms with Gasteiger partial charge in [-0.25, -0.2) is 0 Å². The molecule has 2 nitrogen and oxygen atoms in total. The molecule has 0 fully saturated rings. The Labute approximate surface area is 293 Å². The molecule has 0 aliphatic carbocycles. The van der Waals surface area contributed by atoms with Crippen LogP contribution in [0.3, 0.4) is 0 Å². The van der Waals surface area contributed by atoms with Crippen LogP contribution in [0.25, 0.3) is 117 Å². The van der Waals surface area contributed by atoms with E-state index in [4.69, 9.17) is 8.83 Å². The highest BCUT2D eigenvalue weighted by molar-refractivity contribution is 7.28. The molecule has 0 N–H and O–H groups in total. The van der Waals surface area contributed by atoms with Gasteiger partial charge >= 0.3 is 0 Å². The normalized spacial score (nSPS) is 12.4. The second-order valence-corrected chi connectivity index (χ2v) is 15.4. The van der Waals surface area contributed by atoms with Crippen molar-refractivity contribution in [2.45, 2.75) is 0 Å². The van der Waals surface area contributed by atoms with Gasteiger partial charge in [0, 0.05) is 62.6 Å². The van der Waals surface area contributed by atoms with E-state index in [1.807, 2.05) is 34.8 Å². The number of thiophene rings is 2. The number of benzene rings is 8. The van der Waals surface area contributed by atoms with Crippen molar-refractivity contribution in [2.24, 2.45) is 0 Å². The van der Waals surface area contributed by atoms with Crippen LogP contribution < -0.4 is 0 Å². The molecule has 232 valence electrons. The van der Waals surface area contributed by atoms with Gasteiger partial charge in [0.2, 0.25) is 0 Å². The number of hydrogen-bond donors (Lipinski definition) is 0. The van der Waals surface area contributed by atoms with Crippen LogP contribution in [0.15, 0.2) is 155 Å². The van der Waals surface area contributed by atoms with E-state index in [0.29, 0.717) is 0 Å². The van der Waals surface area contributed by atoms with E-state index in [1.54, 1.807) is 6.26 Å². The molecule has 0 saturated heterocycles. The van der Waals surface area contributed by atoms with Crippen molar-refractivity contribution in [3.8, 4) is 22.3 Å². The summed E-state index contributed by atoms with van der Waals surface area (Å²) in [5.41, 5.74) is 7.50. The topological polar surface area (TPSA) is 26.3 Å². The van der Waals surface area contributed by atoms with Crippen LogP contribution in [-0.4, -0.2) is 0 Å². The SMILES string of the molecule is c1ccc2c(c1)sc1cc3sc4cccc(-c5c6ccccc6c(-c6ccc7c(c6)oc6cc8occc8cc67)c6ccccc56)c4c3cc12. The number of fused-ring (bicyclic) bond motifs is 12. The van der Waals surface area contributed by atoms with Crippen LogP contribution in [0.1, 0.15) is 0 Å². The third-order valence-electron chi connectivity index (χ3n) is 10.5. The minimum atomic E-state index is 0.839. The second kappa shape index (κ2) is 9.82. The summed E-state index contributed by atoms with van der Waals surface area (Å²) < 4.78 is 17.5. The fraction of sp³-hybridized carbons (Fsp3) is 0. The maximum Gasteiger partial charge on any atom is 0.139 e. The van der Waals surface area contributed by atoms with Gasteiger partial charge in [-0.3, -0.25) is 0 Å². The second-order valence-electron chi connectivity index (χ2n) is 13.2. The summed E-state index contributed by atoms with van der Waals surface area (Å²) in [6.45, 7) is 0. The van der Waals surface area contributed by atoms with Gasteiger partial charge in [0.15, 0.2) is 0 Å². The quantitative estimate of drug-likeness (QED) is 0.171. The Morgan fingerprint density at radius 2 is 1.06 bits per heavy atom. The average molecular weight is 673 g/mol. The summed E-state index contributed by atoms with van der Waals surface area (Å²) in [4.78, 5) is 0. The van der Waals surface area contributed by atoms with Crippen molar-refractivity contribution >= 4 is 117 Å². The first-order valence-corrected chi connectivity index (χ1v) is 18.4. The van der Waals surface area contributed by atoms with Gasteiger partial charge in [-0.1, -0.05) is 84.9 Å². The fourth-order valence-electron chi connectivity index (χ4n) is 8.37. The summed E-state index contributed by atoms with van der Waals surface area (Å²) in [6.07, 6.45) is 1.73. The van der Waals surface area contributed by atoms with Gasteiger partial charge in [-0.2, -0.15) is 0 Å². The molecule has 0 unspecified atom stereocenters. The van der Waals surface area contributed by atoms with Gasteiger partial charge in [0.1, 0.15) is 16.7 Å². The Morgan fingerprint density at radius 3 is 1.88 bits per heavy atom. The molecule has 12 rings (SSSR count). The van der Waals surface area contributed by atoms with E-state index in [-0.39, 0.29) is 0 Å². The predicted octanol–water partition coefficient (Wildman–Crippen LogP) is 14.7. The highest BCUT2D eigenvalue weighted by Crippen LogP contribution is 2.49. The molecule has 0 aliphatic rings. The van der Waals surface area contributed by atoms with Crippen LogP contribution in [0.2, 0.25) is 0 Å². The lowest BCUT2D eigenvalue weighted by atomic mass is 9.85. The molecular weight excluding hydrogens is 649 g/mol. The van der Waals surface area contributed by atoms with Crippen LogP contribution in [0, 0.1) is 0 Å². The van der Waals surface area contributed by atoms with Gasteiger partial charge in [0.25, 0.3) is 0 Å². The lowest BCUT2D eigenvalue weighted by Crippen LogP contribution is -1.91. The van der Waals surface area contributed by atoms with E-state index in [1.165, 1.54) is 78.6 Å². The summed E-state index contributed by atoms with van der Waals surface area (Å²) in [6, 6.07) is 51.2. The molecule has 8 aromatic carbocycles. The smallest absolute Gasteiger partial charge is 0.139 e. The summed E-state index contributed by atoms with van der Waals surface area (Å²) in [7, 11) is 0. The standard InChI is InChI=1S/C46H24O2S2/c1-3-11-31-29(9-1)44(26-16-17-27-34-20-25-18-19-47-37(25)23-39(34)48-38(27)21-26)30-10-2-4-12-32(30)45(31)33-13-7-15-41-46(33)36-22-35-28-8-5-6-14-40(28)49-42(35)24-43(36)50-41/h1-24H. The monoisotopic (exact) mass is 672 g/mol. The Kier molecular flexibility index (Phi) is 5.29. The molecule has 4 aromatic heterocycles. The lowest BCUT2D eigenvalue weighted by molar-refractivity contribution is 0.613. The van der Waals surface area contributed by atoms with Gasteiger partial charge in [-0.15, -0.1) is 22.7 Å². The van der Waals surface area contributed by atoms with E-state index >= 15 is 0 Å². The van der Waals surface area contributed by atoms with Crippen LogP contribution >= 0.6 is 22.7 Å².